The van der Waals surface area contributed by atoms with Crippen LogP contribution >= 0.6 is 0 Å². The number of rotatable bonds is 15. The van der Waals surface area contributed by atoms with E-state index in [0.717, 1.165) is 11.5 Å². The molecule has 0 aliphatic rings. The molecule has 0 aromatic heterocycles. The van der Waals surface area contributed by atoms with E-state index in [1.165, 1.54) is 64.2 Å². The van der Waals surface area contributed by atoms with Gasteiger partial charge in [-0.1, -0.05) is 78.1 Å². The highest BCUT2D eigenvalue weighted by Gasteiger charge is 2.01. The van der Waals surface area contributed by atoms with Crippen molar-refractivity contribution >= 4 is 5.91 Å². The predicted molar refractivity (Wildman–Crippen MR) is 97.5 cm³/mol. The average Bonchev–Trinajstić information content (AvgIpc) is 2.52. The van der Waals surface area contributed by atoms with Crippen molar-refractivity contribution in [1.82, 2.24) is 5.06 Å². The molecule has 0 spiro atoms. The zero-order chi connectivity index (χ0) is 18.6. The van der Waals surface area contributed by atoms with Crippen LogP contribution in [-0.4, -0.2) is 45.8 Å². The van der Waals surface area contributed by atoms with E-state index in [9.17, 15) is 4.79 Å². The number of unbranched alkanes of at least 4 members (excludes halogenated alkanes) is 10. The van der Waals surface area contributed by atoms with Gasteiger partial charge >= 0.3 is 0 Å². The minimum absolute atomic E-state index is 0.115. The molecule has 0 heterocycles. The van der Waals surface area contributed by atoms with Crippen LogP contribution in [0.25, 0.3) is 0 Å². The molecular formula is C18H40N2O4. The van der Waals surface area contributed by atoms with Gasteiger partial charge in [0.1, 0.15) is 0 Å². The lowest BCUT2D eigenvalue weighted by Gasteiger charge is -2.11. The summed E-state index contributed by atoms with van der Waals surface area (Å²) in [6, 6.07) is 0. The third kappa shape index (κ3) is 26.2. The van der Waals surface area contributed by atoms with E-state index >= 15 is 0 Å². The minimum Gasteiger partial charge on any atom is -0.370 e. The Hall–Kier alpha value is -0.690. The Kier molecular flexibility index (Phi) is 21.7. The van der Waals surface area contributed by atoms with Crippen molar-refractivity contribution in [2.75, 3.05) is 13.1 Å². The highest BCUT2D eigenvalue weighted by molar-refractivity contribution is 5.73. The Morgan fingerprint density at radius 1 is 0.875 bits per heavy atom. The summed E-state index contributed by atoms with van der Waals surface area (Å²) in [7, 11) is 0. The first-order valence-electron chi connectivity index (χ1n) is 9.52. The largest absolute Gasteiger partial charge is 0.370 e. The van der Waals surface area contributed by atoms with Crippen molar-refractivity contribution in [1.29, 1.82) is 0 Å². The van der Waals surface area contributed by atoms with Crippen molar-refractivity contribution in [3.63, 3.8) is 0 Å². The normalized spacial score (nSPS) is 10.8. The van der Waals surface area contributed by atoms with E-state index in [1.54, 1.807) is 6.92 Å². The molecule has 0 bridgehead atoms. The van der Waals surface area contributed by atoms with Gasteiger partial charge < -0.3 is 21.2 Å². The molecule has 0 fully saturated rings. The zero-order valence-electron chi connectivity index (χ0n) is 15.8. The van der Waals surface area contributed by atoms with Crippen LogP contribution in [0.4, 0.5) is 0 Å². The van der Waals surface area contributed by atoms with Gasteiger partial charge in [-0.3, -0.25) is 4.79 Å². The summed E-state index contributed by atoms with van der Waals surface area (Å²) in [6.45, 7) is 4.25. The first kappa shape index (κ1) is 25.5. The quantitative estimate of drug-likeness (QED) is 0.206. The molecule has 0 aromatic carbocycles. The molecule has 1 amide bonds. The van der Waals surface area contributed by atoms with Gasteiger partial charge in [0.05, 0.1) is 6.54 Å². The number of aliphatic hydroxyl groups is 2. The van der Waals surface area contributed by atoms with Gasteiger partial charge in [0.25, 0.3) is 0 Å². The van der Waals surface area contributed by atoms with E-state index in [4.69, 9.17) is 21.2 Å². The Bertz CT molecular complexity index is 263. The maximum atomic E-state index is 10.5. The molecular weight excluding hydrogens is 308 g/mol. The van der Waals surface area contributed by atoms with Crippen LogP contribution in [0.2, 0.25) is 0 Å². The third-order valence-electron chi connectivity index (χ3n) is 3.77. The lowest BCUT2D eigenvalue weighted by atomic mass is 10.1. The van der Waals surface area contributed by atoms with Crippen LogP contribution < -0.4 is 5.73 Å². The third-order valence-corrected chi connectivity index (χ3v) is 3.77. The number of hydrogen-bond donors (Lipinski definition) is 4. The first-order chi connectivity index (χ1) is 11.4. The molecule has 0 aromatic rings. The Morgan fingerprint density at radius 2 is 1.29 bits per heavy atom. The van der Waals surface area contributed by atoms with Gasteiger partial charge in [-0.15, -0.1) is 0 Å². The second kappa shape index (κ2) is 20.4. The molecule has 6 heteroatoms. The van der Waals surface area contributed by atoms with Gasteiger partial charge in [-0.2, -0.15) is 5.06 Å². The van der Waals surface area contributed by atoms with Gasteiger partial charge in [-0.25, -0.2) is 0 Å². The summed E-state index contributed by atoms with van der Waals surface area (Å²) < 4.78 is 0. The maximum absolute atomic E-state index is 10.5. The van der Waals surface area contributed by atoms with Crippen molar-refractivity contribution in [3.05, 3.63) is 0 Å². The number of hydroxylamine groups is 2. The lowest BCUT2D eigenvalue weighted by molar-refractivity contribution is -0.155. The summed E-state index contributed by atoms with van der Waals surface area (Å²) in [5.74, 6) is -0.157. The number of aliphatic hydroxyl groups excluding tert-OH is 1. The lowest BCUT2D eigenvalue weighted by Crippen LogP contribution is -2.28. The Labute approximate surface area is 148 Å². The van der Waals surface area contributed by atoms with Gasteiger partial charge in [0.2, 0.25) is 5.91 Å². The summed E-state index contributed by atoms with van der Waals surface area (Å²) in [5.41, 5.74) is 5.07. The molecule has 6 nitrogen and oxygen atoms in total. The average molecular weight is 349 g/mol. The van der Waals surface area contributed by atoms with Crippen molar-refractivity contribution in [2.45, 2.75) is 97.2 Å². The molecule has 0 rings (SSSR count). The summed E-state index contributed by atoms with van der Waals surface area (Å²) >= 11 is 0. The minimum atomic E-state index is -1.44. The number of likely N-dealkylation sites (N-methyl/N-ethyl adjacent to an activating group) is 1. The smallest absolute Gasteiger partial charge is 0.217 e. The molecule has 0 saturated carbocycles. The van der Waals surface area contributed by atoms with Crippen LogP contribution in [0, 0.1) is 0 Å². The van der Waals surface area contributed by atoms with Gasteiger partial charge in [0.15, 0.2) is 6.29 Å². The van der Waals surface area contributed by atoms with Crippen LogP contribution in [0.3, 0.4) is 0 Å². The number of carbonyl (C=O) groups is 1. The fraction of sp³-hybridized carbons (Fsp3) is 0.944. The van der Waals surface area contributed by atoms with Crippen LogP contribution in [-0.2, 0) is 4.79 Å². The second-order valence-electron chi connectivity index (χ2n) is 6.24. The topological polar surface area (TPSA) is 107 Å². The second-order valence-corrected chi connectivity index (χ2v) is 6.24. The molecule has 24 heavy (non-hydrogen) atoms. The number of primary amides is 1. The van der Waals surface area contributed by atoms with Crippen molar-refractivity contribution in [2.24, 2.45) is 5.73 Å². The molecule has 5 N–H and O–H groups in total. The molecule has 0 atom stereocenters. The zero-order valence-corrected chi connectivity index (χ0v) is 15.8. The predicted octanol–water partition coefficient (Wildman–Crippen LogP) is 3.18. The van der Waals surface area contributed by atoms with Crippen molar-refractivity contribution < 1.29 is 20.2 Å². The highest BCUT2D eigenvalue weighted by Crippen LogP contribution is 2.11. The summed E-state index contributed by atoms with van der Waals surface area (Å²) in [4.78, 5) is 10.5. The van der Waals surface area contributed by atoms with Crippen LogP contribution in [0.5, 0.6) is 0 Å². The van der Waals surface area contributed by atoms with E-state index in [1.807, 2.05) is 0 Å². The number of nitrogens with two attached hydrogens (primary N) is 1. The van der Waals surface area contributed by atoms with E-state index in [0.29, 0.717) is 13.0 Å². The number of nitrogens with zero attached hydrogens (tertiary/aromatic N) is 1. The highest BCUT2D eigenvalue weighted by atomic mass is 16.5. The fourth-order valence-electron chi connectivity index (χ4n) is 2.28. The number of hydrogen-bond acceptors (Lipinski definition) is 5. The van der Waals surface area contributed by atoms with E-state index in [2.05, 4.69) is 6.92 Å². The van der Waals surface area contributed by atoms with Gasteiger partial charge in [0, 0.05) is 13.0 Å². The standard InChI is InChI=1S/C14H29NO.C4H11NO3/c1-2-3-4-5-6-7-8-9-10-11-12-13-14(15)16;1-2-5(8)3-4(6)7/h2-13H2,1H3,(H2,15,16);4,6-8H,2-3H2,1H3. The number of amides is 1. The molecule has 0 radical (unpaired) electrons. The Balaban J connectivity index is 0. The molecule has 0 unspecified atom stereocenters. The first-order valence-corrected chi connectivity index (χ1v) is 9.52. The monoisotopic (exact) mass is 348 g/mol. The molecule has 146 valence electrons. The number of carbonyl (C=O) groups excluding carboxylic acids is 1. The molecule has 0 saturated heterocycles. The summed E-state index contributed by atoms with van der Waals surface area (Å²) in [6.07, 6.45) is 13.6. The van der Waals surface area contributed by atoms with E-state index in [-0.39, 0.29) is 12.5 Å². The SMILES string of the molecule is CCCCCCCCCCCCCC(N)=O.CCN(O)CC(O)O. The Morgan fingerprint density at radius 3 is 1.58 bits per heavy atom. The fourth-order valence-corrected chi connectivity index (χ4v) is 2.28. The van der Waals surface area contributed by atoms with Gasteiger partial charge in [-0.05, 0) is 6.42 Å². The van der Waals surface area contributed by atoms with Crippen molar-refractivity contribution in [3.8, 4) is 0 Å². The van der Waals surface area contributed by atoms with Crippen LogP contribution in [0.15, 0.2) is 0 Å². The van der Waals surface area contributed by atoms with E-state index < -0.39 is 6.29 Å². The molecule has 0 aliphatic carbocycles. The molecule has 0 aliphatic heterocycles. The van der Waals surface area contributed by atoms with Crippen LogP contribution in [0.1, 0.15) is 90.9 Å². The summed E-state index contributed by atoms with van der Waals surface area (Å²) in [5, 5.41) is 25.8. The maximum Gasteiger partial charge on any atom is 0.217 e.